The highest BCUT2D eigenvalue weighted by molar-refractivity contribution is 5.91. The van der Waals surface area contributed by atoms with Gasteiger partial charge in [-0.05, 0) is 48.5 Å². The molecule has 3 aromatic carbocycles. The van der Waals surface area contributed by atoms with Gasteiger partial charge in [0.2, 0.25) is 5.91 Å². The molecule has 6 aromatic rings. The van der Waals surface area contributed by atoms with Crippen molar-refractivity contribution in [2.75, 3.05) is 5.32 Å². The van der Waals surface area contributed by atoms with Gasteiger partial charge in [0.05, 0.1) is 22.9 Å². The third-order valence-corrected chi connectivity index (χ3v) is 5.96. The number of rotatable bonds is 6. The number of carbonyl (C=O) groups excluding carboxylic acids is 1. The molecule has 3 heterocycles. The van der Waals surface area contributed by atoms with E-state index in [4.69, 9.17) is 0 Å². The van der Waals surface area contributed by atoms with Gasteiger partial charge in [0.1, 0.15) is 17.5 Å². The minimum Gasteiger partial charge on any atom is -0.326 e. The fourth-order valence-corrected chi connectivity index (χ4v) is 4.17. The zero-order valence-electron chi connectivity index (χ0n) is 19.1. The van der Waals surface area contributed by atoms with E-state index in [1.165, 1.54) is 6.20 Å². The lowest BCUT2D eigenvalue weighted by Gasteiger charge is -2.08. The molecule has 9 nitrogen and oxygen atoms in total. The van der Waals surface area contributed by atoms with E-state index in [0.29, 0.717) is 22.5 Å². The smallest absolute Gasteiger partial charge is 0.262 e. The summed E-state index contributed by atoms with van der Waals surface area (Å²) in [6.07, 6.45) is 3.74. The second kappa shape index (κ2) is 8.95. The van der Waals surface area contributed by atoms with Gasteiger partial charge < -0.3 is 10.3 Å². The summed E-state index contributed by atoms with van der Waals surface area (Å²) in [5.74, 6) is 0.262. The molecule has 176 valence electrons. The second-order valence-corrected chi connectivity index (χ2v) is 8.34. The lowest BCUT2D eigenvalue weighted by molar-refractivity contribution is -0.116. The Morgan fingerprint density at radius 2 is 1.69 bits per heavy atom. The third-order valence-electron chi connectivity index (χ3n) is 5.96. The number of carbonyl (C=O) groups is 1. The first-order valence-electron chi connectivity index (χ1n) is 11.5. The fourth-order valence-electron chi connectivity index (χ4n) is 4.17. The Morgan fingerprint density at radius 1 is 0.917 bits per heavy atom. The number of hydrogen-bond acceptors (Lipinski definition) is 5. The molecule has 3 aromatic heterocycles. The average molecular weight is 476 g/mol. The van der Waals surface area contributed by atoms with Crippen molar-refractivity contribution in [3.05, 3.63) is 108 Å². The minimum atomic E-state index is -0.278. The van der Waals surface area contributed by atoms with Crippen LogP contribution in [0.2, 0.25) is 0 Å². The summed E-state index contributed by atoms with van der Waals surface area (Å²) in [6.45, 7) is 0. The van der Waals surface area contributed by atoms with E-state index in [-0.39, 0.29) is 24.3 Å². The van der Waals surface area contributed by atoms with Gasteiger partial charge in [0.15, 0.2) is 5.65 Å². The molecule has 0 radical (unpaired) electrons. The Bertz CT molecular complexity index is 1750. The molecule has 0 unspecified atom stereocenters. The maximum atomic E-state index is 12.6. The van der Waals surface area contributed by atoms with E-state index < -0.39 is 0 Å². The van der Waals surface area contributed by atoms with Crippen LogP contribution in [0.25, 0.3) is 33.4 Å². The van der Waals surface area contributed by atoms with Crippen LogP contribution in [-0.4, -0.2) is 35.2 Å². The van der Waals surface area contributed by atoms with E-state index in [2.05, 4.69) is 25.4 Å². The molecule has 0 saturated heterocycles. The van der Waals surface area contributed by atoms with Crippen LogP contribution in [0.4, 0.5) is 5.69 Å². The Labute approximate surface area is 205 Å². The number of imidazole rings is 1. The Hall–Kier alpha value is -5.05. The van der Waals surface area contributed by atoms with Gasteiger partial charge in [-0.25, -0.2) is 14.6 Å². The molecule has 1 amide bonds. The van der Waals surface area contributed by atoms with Crippen LogP contribution >= 0.6 is 0 Å². The number of hydrogen-bond donors (Lipinski definition) is 2. The number of aryl methyl sites for hydroxylation is 1. The Morgan fingerprint density at radius 3 is 2.53 bits per heavy atom. The summed E-state index contributed by atoms with van der Waals surface area (Å²) >= 11 is 0. The molecule has 0 aliphatic heterocycles. The van der Waals surface area contributed by atoms with Crippen LogP contribution in [-0.2, 0) is 11.2 Å². The minimum absolute atomic E-state index is 0.168. The van der Waals surface area contributed by atoms with Gasteiger partial charge in [-0.3, -0.25) is 14.2 Å². The molecule has 0 aliphatic carbocycles. The molecule has 0 fully saturated rings. The molecule has 0 spiro atoms. The second-order valence-electron chi connectivity index (χ2n) is 8.34. The number of amides is 1. The van der Waals surface area contributed by atoms with Crippen molar-refractivity contribution in [1.82, 2.24) is 29.3 Å². The molecule has 36 heavy (non-hydrogen) atoms. The lowest BCUT2D eigenvalue weighted by Crippen LogP contribution is -2.16. The van der Waals surface area contributed by atoms with Crippen LogP contribution in [0.5, 0.6) is 0 Å². The quantitative estimate of drug-likeness (QED) is 0.378. The molecule has 6 rings (SSSR count). The highest BCUT2D eigenvalue weighted by Gasteiger charge is 2.13. The topological polar surface area (TPSA) is 110 Å². The monoisotopic (exact) mass is 475 g/mol. The summed E-state index contributed by atoms with van der Waals surface area (Å²) in [5.41, 5.74) is 4.57. The maximum absolute atomic E-state index is 12.6. The van der Waals surface area contributed by atoms with Crippen molar-refractivity contribution < 1.29 is 4.79 Å². The molecule has 2 N–H and O–H groups in total. The molecule has 0 aliphatic rings. The van der Waals surface area contributed by atoms with Crippen molar-refractivity contribution in [1.29, 1.82) is 0 Å². The van der Waals surface area contributed by atoms with Crippen molar-refractivity contribution >= 4 is 33.7 Å². The van der Waals surface area contributed by atoms with Gasteiger partial charge in [-0.15, -0.1) is 0 Å². The first kappa shape index (κ1) is 21.5. The molecule has 0 saturated carbocycles. The fraction of sp³-hybridized carbons (Fsp3) is 0.0741. The normalized spacial score (nSPS) is 11.2. The number of anilines is 1. The SMILES string of the molecule is O=C(CCc1nc2c(cnn2-c2ccccc2)c(=O)[nH]1)Nc1ccc(-n2cnc3ccccc32)cc1. The standard InChI is InChI=1S/C27H21N7O2/c35-25(30-18-10-12-19(13-11-18)33-17-28-22-8-4-5-9-23(22)33)15-14-24-31-26-21(27(36)32-24)16-29-34(26)20-6-2-1-3-7-20/h1-13,16-17H,14-15H2,(H,30,35)(H,31,32,36). The molecular formula is C27H21N7O2. The number of nitrogens with zero attached hydrogens (tertiary/aromatic N) is 5. The number of benzene rings is 3. The summed E-state index contributed by atoms with van der Waals surface area (Å²) < 4.78 is 3.62. The van der Waals surface area contributed by atoms with Crippen molar-refractivity contribution in [2.45, 2.75) is 12.8 Å². The summed E-state index contributed by atoms with van der Waals surface area (Å²) in [6, 6.07) is 25.0. The first-order chi connectivity index (χ1) is 17.7. The summed E-state index contributed by atoms with van der Waals surface area (Å²) in [5, 5.41) is 7.62. The van der Waals surface area contributed by atoms with E-state index in [9.17, 15) is 9.59 Å². The number of nitrogens with one attached hydrogen (secondary N) is 2. The number of H-pyrrole nitrogens is 1. The number of aromatic nitrogens is 6. The predicted octanol–water partition coefficient (Wildman–Crippen LogP) is 4.02. The van der Waals surface area contributed by atoms with Crippen LogP contribution in [0.1, 0.15) is 12.2 Å². The van der Waals surface area contributed by atoms with Crippen molar-refractivity contribution in [3.63, 3.8) is 0 Å². The highest BCUT2D eigenvalue weighted by Crippen LogP contribution is 2.20. The van der Waals surface area contributed by atoms with E-state index in [0.717, 1.165) is 22.4 Å². The number of fused-ring (bicyclic) bond motifs is 2. The number of aromatic amines is 1. The zero-order valence-corrected chi connectivity index (χ0v) is 19.1. The van der Waals surface area contributed by atoms with Crippen LogP contribution in [0, 0.1) is 0 Å². The van der Waals surface area contributed by atoms with Gasteiger partial charge in [0, 0.05) is 24.2 Å². The van der Waals surface area contributed by atoms with Gasteiger partial charge in [-0.1, -0.05) is 30.3 Å². The predicted molar refractivity (Wildman–Crippen MR) is 138 cm³/mol. The van der Waals surface area contributed by atoms with Gasteiger partial charge >= 0.3 is 0 Å². The molecule has 9 heteroatoms. The lowest BCUT2D eigenvalue weighted by atomic mass is 10.2. The van der Waals surface area contributed by atoms with Crippen LogP contribution in [0.15, 0.2) is 96.2 Å². The first-order valence-corrected chi connectivity index (χ1v) is 11.5. The highest BCUT2D eigenvalue weighted by atomic mass is 16.1. The van der Waals surface area contributed by atoms with Gasteiger partial charge in [0.25, 0.3) is 5.56 Å². The maximum Gasteiger partial charge on any atom is 0.262 e. The Kier molecular flexibility index (Phi) is 5.34. The van der Waals surface area contributed by atoms with E-state index >= 15 is 0 Å². The summed E-state index contributed by atoms with van der Waals surface area (Å²) in [7, 11) is 0. The largest absolute Gasteiger partial charge is 0.326 e. The Balaban J connectivity index is 1.15. The van der Waals surface area contributed by atoms with Crippen LogP contribution < -0.4 is 10.9 Å². The van der Waals surface area contributed by atoms with Crippen LogP contribution in [0.3, 0.4) is 0 Å². The molecule has 0 atom stereocenters. The molecule has 0 bridgehead atoms. The van der Waals surface area contributed by atoms with Crippen molar-refractivity contribution in [2.24, 2.45) is 0 Å². The number of para-hydroxylation sites is 3. The third kappa shape index (κ3) is 4.03. The average Bonchev–Trinajstić information content (AvgIpc) is 3.54. The zero-order chi connectivity index (χ0) is 24.5. The van der Waals surface area contributed by atoms with Crippen molar-refractivity contribution in [3.8, 4) is 11.4 Å². The van der Waals surface area contributed by atoms with Gasteiger partial charge in [-0.2, -0.15) is 5.10 Å². The summed E-state index contributed by atoms with van der Waals surface area (Å²) in [4.78, 5) is 36.9. The molecular weight excluding hydrogens is 454 g/mol. The van der Waals surface area contributed by atoms with E-state index in [1.54, 1.807) is 11.0 Å². The van der Waals surface area contributed by atoms with E-state index in [1.807, 2.05) is 83.4 Å².